The Morgan fingerprint density at radius 1 is 1.08 bits per heavy atom. The van der Waals surface area contributed by atoms with Gasteiger partial charge in [-0.2, -0.15) is 0 Å². The van der Waals surface area contributed by atoms with Crippen LogP contribution in [0.5, 0.6) is 0 Å². The molecule has 0 radical (unpaired) electrons. The molecule has 120 valence electrons. The van der Waals surface area contributed by atoms with Gasteiger partial charge in [0.1, 0.15) is 0 Å². The Balaban J connectivity index is 1.90. The Morgan fingerprint density at radius 3 is 2.62 bits per heavy atom. The standard InChI is InChI=1S/C20H18N2O2/c23-20(24)18-19(15-8-2-1-3-9-15)22(13-21-18)17-12-6-10-14-7-4-5-11-16(14)17/h1-5,7-9,11,13,17H,6,10,12H2,(H,23,24). The summed E-state index contributed by atoms with van der Waals surface area (Å²) in [4.78, 5) is 15.9. The molecule has 0 amide bonds. The van der Waals surface area contributed by atoms with E-state index in [4.69, 9.17) is 0 Å². The zero-order valence-electron chi connectivity index (χ0n) is 13.2. The van der Waals surface area contributed by atoms with Gasteiger partial charge >= 0.3 is 5.97 Å². The number of hydrogen-bond donors (Lipinski definition) is 1. The zero-order valence-corrected chi connectivity index (χ0v) is 13.2. The molecule has 1 aliphatic carbocycles. The normalized spacial score (nSPS) is 16.6. The molecule has 1 unspecified atom stereocenters. The van der Waals surface area contributed by atoms with Crippen molar-refractivity contribution in [3.63, 3.8) is 0 Å². The lowest BCUT2D eigenvalue weighted by Gasteiger charge is -2.28. The van der Waals surface area contributed by atoms with Gasteiger partial charge in [-0.3, -0.25) is 0 Å². The molecule has 1 atom stereocenters. The lowest BCUT2D eigenvalue weighted by molar-refractivity contribution is 0.0692. The summed E-state index contributed by atoms with van der Waals surface area (Å²) in [6.07, 6.45) is 4.84. The highest BCUT2D eigenvalue weighted by Gasteiger charge is 2.27. The van der Waals surface area contributed by atoms with Crippen LogP contribution in [0.25, 0.3) is 11.3 Å². The van der Waals surface area contributed by atoms with Crippen molar-refractivity contribution in [1.29, 1.82) is 0 Å². The van der Waals surface area contributed by atoms with E-state index in [-0.39, 0.29) is 11.7 Å². The Kier molecular flexibility index (Phi) is 3.65. The van der Waals surface area contributed by atoms with Crippen LogP contribution in [0.4, 0.5) is 0 Å². The summed E-state index contributed by atoms with van der Waals surface area (Å²) in [6, 6.07) is 18.2. The average molecular weight is 318 g/mol. The second kappa shape index (κ2) is 5.96. The van der Waals surface area contributed by atoms with Crippen LogP contribution in [0.2, 0.25) is 0 Å². The van der Waals surface area contributed by atoms with Gasteiger partial charge in [-0.25, -0.2) is 9.78 Å². The third-order valence-electron chi connectivity index (χ3n) is 4.72. The number of hydrogen-bond acceptors (Lipinski definition) is 2. The fraction of sp³-hybridized carbons (Fsp3) is 0.200. The second-order valence-corrected chi connectivity index (χ2v) is 6.13. The van der Waals surface area contributed by atoms with E-state index in [1.54, 1.807) is 6.33 Å². The Hall–Kier alpha value is -2.88. The number of aromatic carboxylic acids is 1. The minimum atomic E-state index is -0.989. The minimum absolute atomic E-state index is 0.115. The molecule has 4 heteroatoms. The number of nitrogens with zero attached hydrogens (tertiary/aromatic N) is 2. The summed E-state index contributed by atoms with van der Waals surface area (Å²) in [6.45, 7) is 0. The summed E-state index contributed by atoms with van der Waals surface area (Å²) in [5.74, 6) is -0.989. The maximum Gasteiger partial charge on any atom is 0.356 e. The fourth-order valence-electron chi connectivity index (χ4n) is 3.65. The fourth-order valence-corrected chi connectivity index (χ4v) is 3.65. The third-order valence-corrected chi connectivity index (χ3v) is 4.72. The molecule has 0 bridgehead atoms. The molecule has 1 heterocycles. The molecule has 1 aromatic heterocycles. The van der Waals surface area contributed by atoms with Crippen LogP contribution in [0, 0.1) is 0 Å². The quantitative estimate of drug-likeness (QED) is 0.788. The number of carboxylic acid groups (broad SMARTS) is 1. The van der Waals surface area contributed by atoms with Crippen LogP contribution in [0.1, 0.15) is 40.5 Å². The lowest BCUT2D eigenvalue weighted by Crippen LogP contribution is -2.18. The van der Waals surface area contributed by atoms with Crippen LogP contribution in [-0.4, -0.2) is 20.6 Å². The summed E-state index contributed by atoms with van der Waals surface area (Å²) >= 11 is 0. The zero-order chi connectivity index (χ0) is 16.5. The van der Waals surface area contributed by atoms with Crippen LogP contribution in [0.3, 0.4) is 0 Å². The van der Waals surface area contributed by atoms with Crippen molar-refractivity contribution in [2.24, 2.45) is 0 Å². The van der Waals surface area contributed by atoms with E-state index in [9.17, 15) is 9.90 Å². The van der Waals surface area contributed by atoms with Crippen molar-refractivity contribution < 1.29 is 9.90 Å². The SMILES string of the molecule is O=C(O)c1ncn(C2CCCc3ccccc32)c1-c1ccccc1. The van der Waals surface area contributed by atoms with E-state index in [2.05, 4.69) is 23.2 Å². The van der Waals surface area contributed by atoms with Crippen molar-refractivity contribution in [1.82, 2.24) is 9.55 Å². The molecule has 4 rings (SSSR count). The average Bonchev–Trinajstić information content (AvgIpc) is 3.07. The predicted molar refractivity (Wildman–Crippen MR) is 92.1 cm³/mol. The van der Waals surface area contributed by atoms with Gasteiger partial charge < -0.3 is 9.67 Å². The van der Waals surface area contributed by atoms with E-state index in [1.165, 1.54) is 11.1 Å². The van der Waals surface area contributed by atoms with Crippen molar-refractivity contribution in [3.05, 3.63) is 77.7 Å². The first-order valence-corrected chi connectivity index (χ1v) is 8.19. The number of carboxylic acids is 1. The summed E-state index contributed by atoms with van der Waals surface area (Å²) in [5.41, 5.74) is 4.30. The van der Waals surface area contributed by atoms with Gasteiger partial charge in [-0.15, -0.1) is 0 Å². The number of benzene rings is 2. The highest BCUT2D eigenvalue weighted by molar-refractivity contribution is 5.93. The molecular weight excluding hydrogens is 300 g/mol. The van der Waals surface area contributed by atoms with Crippen LogP contribution >= 0.6 is 0 Å². The number of rotatable bonds is 3. The topological polar surface area (TPSA) is 55.1 Å². The number of fused-ring (bicyclic) bond motifs is 1. The van der Waals surface area contributed by atoms with Crippen molar-refractivity contribution in [3.8, 4) is 11.3 Å². The molecule has 1 aliphatic rings. The van der Waals surface area contributed by atoms with E-state index in [0.29, 0.717) is 5.69 Å². The number of carbonyl (C=O) groups is 1. The summed E-state index contributed by atoms with van der Waals surface area (Å²) in [7, 11) is 0. The Bertz CT molecular complexity index is 884. The van der Waals surface area contributed by atoms with Gasteiger partial charge in [0.05, 0.1) is 18.1 Å². The molecule has 0 saturated carbocycles. The third kappa shape index (κ3) is 2.40. The van der Waals surface area contributed by atoms with E-state index in [1.807, 2.05) is 41.0 Å². The van der Waals surface area contributed by atoms with Crippen molar-refractivity contribution >= 4 is 5.97 Å². The largest absolute Gasteiger partial charge is 0.476 e. The van der Waals surface area contributed by atoms with Gasteiger partial charge in [0.25, 0.3) is 0 Å². The smallest absolute Gasteiger partial charge is 0.356 e. The predicted octanol–water partition coefficient (Wildman–Crippen LogP) is 4.17. The molecule has 3 aromatic rings. The maximum absolute atomic E-state index is 11.7. The highest BCUT2D eigenvalue weighted by atomic mass is 16.4. The minimum Gasteiger partial charge on any atom is -0.476 e. The first-order valence-electron chi connectivity index (χ1n) is 8.19. The number of aromatic nitrogens is 2. The molecule has 24 heavy (non-hydrogen) atoms. The molecular formula is C20H18N2O2. The summed E-state index contributed by atoms with van der Waals surface area (Å²) < 4.78 is 2.04. The molecule has 4 nitrogen and oxygen atoms in total. The molecule has 1 N–H and O–H groups in total. The summed E-state index contributed by atoms with van der Waals surface area (Å²) in [5, 5.41) is 9.56. The Labute approximate surface area is 140 Å². The molecule has 0 saturated heterocycles. The molecule has 0 aliphatic heterocycles. The molecule has 2 aromatic carbocycles. The highest BCUT2D eigenvalue weighted by Crippen LogP contribution is 2.36. The maximum atomic E-state index is 11.7. The molecule has 0 spiro atoms. The monoisotopic (exact) mass is 318 g/mol. The van der Waals surface area contributed by atoms with Gasteiger partial charge in [0.15, 0.2) is 5.69 Å². The molecule has 0 fully saturated rings. The van der Waals surface area contributed by atoms with Gasteiger partial charge in [-0.05, 0) is 30.4 Å². The lowest BCUT2D eigenvalue weighted by atomic mass is 9.87. The van der Waals surface area contributed by atoms with Crippen LogP contribution < -0.4 is 0 Å². The van der Waals surface area contributed by atoms with Gasteiger partial charge in [-0.1, -0.05) is 54.6 Å². The second-order valence-electron chi connectivity index (χ2n) is 6.13. The first kappa shape index (κ1) is 14.7. The van der Waals surface area contributed by atoms with Gasteiger partial charge in [0.2, 0.25) is 0 Å². The van der Waals surface area contributed by atoms with E-state index < -0.39 is 5.97 Å². The van der Waals surface area contributed by atoms with E-state index in [0.717, 1.165) is 24.8 Å². The van der Waals surface area contributed by atoms with Crippen molar-refractivity contribution in [2.75, 3.05) is 0 Å². The van der Waals surface area contributed by atoms with Crippen LogP contribution in [-0.2, 0) is 6.42 Å². The van der Waals surface area contributed by atoms with Crippen molar-refractivity contribution in [2.45, 2.75) is 25.3 Å². The first-order chi connectivity index (χ1) is 11.8. The van der Waals surface area contributed by atoms with E-state index >= 15 is 0 Å². The van der Waals surface area contributed by atoms with Crippen LogP contribution in [0.15, 0.2) is 60.9 Å². The Morgan fingerprint density at radius 2 is 1.83 bits per heavy atom. The van der Waals surface area contributed by atoms with Gasteiger partial charge in [0, 0.05) is 5.56 Å². The number of aryl methyl sites for hydroxylation is 1. The number of imidazole rings is 1.